The fourth-order valence-electron chi connectivity index (χ4n) is 4.66. The number of amides is 1. The molecule has 1 amide bonds. The molecule has 1 fully saturated rings. The highest BCUT2D eigenvalue weighted by Crippen LogP contribution is 2.33. The summed E-state index contributed by atoms with van der Waals surface area (Å²) in [6.07, 6.45) is 0.972. The summed E-state index contributed by atoms with van der Waals surface area (Å²) in [7, 11) is -3.96. The minimum absolute atomic E-state index is 0.0568. The summed E-state index contributed by atoms with van der Waals surface area (Å²) in [6.45, 7) is 6.44. The van der Waals surface area contributed by atoms with Crippen LogP contribution in [-0.2, 0) is 14.8 Å². The topological polar surface area (TPSA) is 106 Å². The SMILES string of the molecule is CC(C)(C)OC(=O)NC(C(=O)c1ccc(S(=O)(=O)n2cc(-c3ccccc3)c3ccccc32)cc1)C1CNC1. The summed E-state index contributed by atoms with van der Waals surface area (Å²) >= 11 is 0. The van der Waals surface area contributed by atoms with Gasteiger partial charge in [0.25, 0.3) is 10.0 Å². The molecule has 5 rings (SSSR count). The van der Waals surface area contributed by atoms with E-state index in [1.807, 2.05) is 42.5 Å². The summed E-state index contributed by atoms with van der Waals surface area (Å²) in [5, 5.41) is 6.65. The predicted octanol–water partition coefficient (Wildman–Crippen LogP) is 4.84. The van der Waals surface area contributed by atoms with E-state index in [1.165, 1.54) is 28.2 Å². The molecule has 1 atom stereocenters. The Morgan fingerprint density at radius 3 is 2.21 bits per heavy atom. The zero-order chi connectivity index (χ0) is 27.8. The molecular formula is C30H31N3O5S. The van der Waals surface area contributed by atoms with Gasteiger partial charge in [0, 0.05) is 41.7 Å². The average Bonchev–Trinajstić information content (AvgIpc) is 3.27. The lowest BCUT2D eigenvalue weighted by molar-refractivity contribution is 0.0456. The zero-order valence-corrected chi connectivity index (χ0v) is 22.9. The molecule has 1 aromatic heterocycles. The minimum atomic E-state index is -3.96. The van der Waals surface area contributed by atoms with Crippen molar-refractivity contribution in [2.24, 2.45) is 5.92 Å². The molecule has 1 unspecified atom stereocenters. The zero-order valence-electron chi connectivity index (χ0n) is 22.0. The van der Waals surface area contributed by atoms with E-state index in [1.54, 1.807) is 39.1 Å². The van der Waals surface area contributed by atoms with Crippen molar-refractivity contribution in [2.75, 3.05) is 13.1 Å². The monoisotopic (exact) mass is 545 g/mol. The van der Waals surface area contributed by atoms with Gasteiger partial charge >= 0.3 is 6.09 Å². The van der Waals surface area contributed by atoms with Crippen LogP contribution < -0.4 is 10.6 Å². The third-order valence-electron chi connectivity index (χ3n) is 6.70. The third-order valence-corrected chi connectivity index (χ3v) is 8.39. The Morgan fingerprint density at radius 1 is 0.949 bits per heavy atom. The molecule has 0 spiro atoms. The quantitative estimate of drug-likeness (QED) is 0.322. The average molecular weight is 546 g/mol. The fraction of sp³-hybridized carbons (Fsp3) is 0.267. The first-order chi connectivity index (χ1) is 18.5. The van der Waals surface area contributed by atoms with E-state index in [-0.39, 0.29) is 16.6 Å². The van der Waals surface area contributed by atoms with Gasteiger partial charge in [-0.1, -0.05) is 48.5 Å². The molecular weight excluding hydrogens is 514 g/mol. The van der Waals surface area contributed by atoms with Gasteiger partial charge in [0.2, 0.25) is 0 Å². The minimum Gasteiger partial charge on any atom is -0.444 e. The van der Waals surface area contributed by atoms with E-state index in [9.17, 15) is 18.0 Å². The van der Waals surface area contributed by atoms with Crippen molar-refractivity contribution < 1.29 is 22.7 Å². The molecule has 39 heavy (non-hydrogen) atoms. The maximum absolute atomic E-state index is 13.7. The molecule has 8 nitrogen and oxygen atoms in total. The predicted molar refractivity (Wildman–Crippen MR) is 150 cm³/mol. The molecule has 9 heteroatoms. The number of nitrogens with zero attached hydrogens (tertiary/aromatic N) is 1. The smallest absolute Gasteiger partial charge is 0.408 e. The number of ether oxygens (including phenoxy) is 1. The lowest BCUT2D eigenvalue weighted by Gasteiger charge is -2.34. The first kappa shape index (κ1) is 26.6. The van der Waals surface area contributed by atoms with Crippen molar-refractivity contribution >= 4 is 32.8 Å². The molecule has 1 aliphatic heterocycles. The highest BCUT2D eigenvalue weighted by atomic mass is 32.2. The molecule has 202 valence electrons. The first-order valence-corrected chi connectivity index (χ1v) is 14.2. The number of Topliss-reactive ketones (excluding diaryl/α,β-unsaturated/α-hetero) is 1. The van der Waals surface area contributed by atoms with Crippen LogP contribution in [-0.4, -0.2) is 49.0 Å². The van der Waals surface area contributed by atoms with Crippen molar-refractivity contribution in [1.82, 2.24) is 14.6 Å². The van der Waals surface area contributed by atoms with E-state index in [0.717, 1.165) is 16.5 Å². The standard InChI is InChI=1S/C30H31N3O5S/c1-30(2,3)38-29(35)32-27(22-17-31-18-22)28(34)21-13-15-23(16-14-21)39(36,37)33-19-25(20-9-5-4-6-10-20)24-11-7-8-12-26(24)33/h4-16,19,22,27,31H,17-18H2,1-3H3,(H,32,35). The number of ketones is 1. The molecule has 0 bridgehead atoms. The van der Waals surface area contributed by atoms with Crippen LogP contribution in [0.5, 0.6) is 0 Å². The Balaban J connectivity index is 1.44. The Morgan fingerprint density at radius 2 is 1.59 bits per heavy atom. The number of para-hydroxylation sites is 1. The number of fused-ring (bicyclic) bond motifs is 1. The maximum atomic E-state index is 13.7. The number of carbonyl (C=O) groups excluding carboxylic acids is 2. The second-order valence-electron chi connectivity index (χ2n) is 10.7. The van der Waals surface area contributed by atoms with Crippen molar-refractivity contribution in [2.45, 2.75) is 37.3 Å². The van der Waals surface area contributed by atoms with Crippen LogP contribution in [0.3, 0.4) is 0 Å². The largest absolute Gasteiger partial charge is 0.444 e. The van der Waals surface area contributed by atoms with Crippen LogP contribution in [0.25, 0.3) is 22.0 Å². The van der Waals surface area contributed by atoms with E-state index >= 15 is 0 Å². The Kier molecular flexibility index (Phi) is 7.05. The lowest BCUT2D eigenvalue weighted by Crippen LogP contribution is -2.58. The lowest BCUT2D eigenvalue weighted by atomic mass is 9.88. The highest BCUT2D eigenvalue weighted by molar-refractivity contribution is 7.90. The van der Waals surface area contributed by atoms with Gasteiger partial charge in [0.05, 0.1) is 10.4 Å². The molecule has 3 aromatic carbocycles. The Bertz CT molecular complexity index is 1620. The van der Waals surface area contributed by atoms with Crippen LogP contribution in [0.1, 0.15) is 31.1 Å². The molecule has 0 saturated carbocycles. The first-order valence-electron chi connectivity index (χ1n) is 12.8. The van der Waals surface area contributed by atoms with Gasteiger partial charge in [-0.3, -0.25) is 4.79 Å². The second-order valence-corrected chi connectivity index (χ2v) is 12.5. The molecule has 1 saturated heterocycles. The molecule has 2 heterocycles. The molecule has 0 radical (unpaired) electrons. The van der Waals surface area contributed by atoms with Crippen molar-refractivity contribution in [3.63, 3.8) is 0 Å². The Hall–Kier alpha value is -3.95. The molecule has 1 aliphatic rings. The normalized spacial score (nSPS) is 14.9. The van der Waals surface area contributed by atoms with E-state index in [4.69, 9.17) is 4.74 Å². The summed E-state index contributed by atoms with van der Waals surface area (Å²) < 4.78 is 34.1. The van der Waals surface area contributed by atoms with Gasteiger partial charge in [-0.2, -0.15) is 0 Å². The number of aromatic nitrogens is 1. The number of hydrogen-bond donors (Lipinski definition) is 2. The van der Waals surface area contributed by atoms with Crippen molar-refractivity contribution in [3.8, 4) is 11.1 Å². The van der Waals surface area contributed by atoms with E-state index < -0.39 is 27.8 Å². The number of alkyl carbamates (subject to hydrolysis) is 1. The summed E-state index contributed by atoms with van der Waals surface area (Å²) in [4.78, 5) is 25.9. The second kappa shape index (κ2) is 10.3. The van der Waals surface area contributed by atoms with Gasteiger partial charge < -0.3 is 15.4 Å². The van der Waals surface area contributed by atoms with Crippen LogP contribution >= 0.6 is 0 Å². The van der Waals surface area contributed by atoms with Crippen LogP contribution in [0.2, 0.25) is 0 Å². The van der Waals surface area contributed by atoms with Crippen LogP contribution in [0.4, 0.5) is 4.79 Å². The molecule has 2 N–H and O–H groups in total. The molecule has 4 aromatic rings. The fourth-order valence-corrected chi connectivity index (χ4v) is 6.03. The number of nitrogens with one attached hydrogen (secondary N) is 2. The summed E-state index contributed by atoms with van der Waals surface area (Å²) in [6, 6.07) is 22.1. The van der Waals surface area contributed by atoms with Crippen LogP contribution in [0.15, 0.2) is 90.0 Å². The number of hydrogen-bond acceptors (Lipinski definition) is 6. The molecule has 0 aliphatic carbocycles. The number of rotatable bonds is 7. The Labute approximate surface area is 228 Å². The van der Waals surface area contributed by atoms with E-state index in [0.29, 0.717) is 24.2 Å². The van der Waals surface area contributed by atoms with Gasteiger partial charge in [-0.25, -0.2) is 17.2 Å². The van der Waals surface area contributed by atoms with Gasteiger partial charge in [-0.15, -0.1) is 0 Å². The van der Waals surface area contributed by atoms with Crippen molar-refractivity contribution in [1.29, 1.82) is 0 Å². The maximum Gasteiger partial charge on any atom is 0.408 e. The van der Waals surface area contributed by atoms with Crippen molar-refractivity contribution in [3.05, 3.63) is 90.6 Å². The summed E-state index contributed by atoms with van der Waals surface area (Å²) in [5.74, 6) is -0.384. The van der Waals surface area contributed by atoms with Gasteiger partial charge in [0.15, 0.2) is 5.78 Å². The number of carbonyl (C=O) groups is 2. The summed E-state index contributed by atoms with van der Waals surface area (Å²) in [5.41, 5.74) is 1.90. The number of benzene rings is 3. The van der Waals surface area contributed by atoms with Gasteiger partial charge in [-0.05, 0) is 56.7 Å². The third kappa shape index (κ3) is 5.46. The van der Waals surface area contributed by atoms with E-state index in [2.05, 4.69) is 10.6 Å². The van der Waals surface area contributed by atoms with Gasteiger partial charge in [0.1, 0.15) is 11.6 Å². The highest BCUT2D eigenvalue weighted by Gasteiger charge is 2.35. The van der Waals surface area contributed by atoms with Crippen LogP contribution in [0, 0.1) is 5.92 Å².